The molecule has 6 rings (SSSR count). The highest BCUT2D eigenvalue weighted by Gasteiger charge is 2.25. The largest absolute Gasteiger partial charge is 0.309 e. The number of aryl methyl sites for hydroxylation is 2. The molecule has 3 heterocycles. The van der Waals surface area contributed by atoms with Crippen molar-refractivity contribution in [3.63, 3.8) is 0 Å². The molecule has 0 aliphatic heterocycles. The lowest BCUT2D eigenvalue weighted by molar-refractivity contribution is -0.643. The Morgan fingerprint density at radius 3 is 2.42 bits per heavy atom. The van der Waals surface area contributed by atoms with E-state index in [4.69, 9.17) is 6.57 Å². The first-order valence-corrected chi connectivity index (χ1v) is 10.7. The third-order valence-corrected chi connectivity index (χ3v) is 6.81. The summed E-state index contributed by atoms with van der Waals surface area (Å²) in [7, 11) is 2.12. The Kier molecular flexibility index (Phi) is 3.36. The minimum atomic E-state index is 0.0658. The smallest absolute Gasteiger partial charge is 0.224 e. The van der Waals surface area contributed by atoms with Gasteiger partial charge < -0.3 is 4.40 Å². The van der Waals surface area contributed by atoms with Gasteiger partial charge in [-0.1, -0.05) is 45.0 Å². The van der Waals surface area contributed by atoms with Crippen LogP contribution in [0.4, 0.5) is 5.69 Å². The Morgan fingerprint density at radius 2 is 1.68 bits per heavy atom. The third-order valence-electron chi connectivity index (χ3n) is 6.81. The lowest BCUT2D eigenvalue weighted by atomic mass is 9.86. The van der Waals surface area contributed by atoms with E-state index < -0.39 is 0 Å². The van der Waals surface area contributed by atoms with Crippen molar-refractivity contribution >= 4 is 54.7 Å². The predicted octanol–water partition coefficient (Wildman–Crippen LogP) is 6.97. The standard InChI is InChI=1S/C28H24N3/c1-16-7-9-21-20-10-8-18(28(2,3)4)14-22(20)31-23-15-19(29-5)13-17-11-12-30(6)27(25(17)23)24(16)26(21)31/h7-15H,1-4,6H3/q+1. The lowest BCUT2D eigenvalue weighted by Gasteiger charge is -2.19. The van der Waals surface area contributed by atoms with Crippen LogP contribution in [0.2, 0.25) is 0 Å². The van der Waals surface area contributed by atoms with Crippen LogP contribution in [0.1, 0.15) is 31.9 Å². The zero-order valence-electron chi connectivity index (χ0n) is 18.5. The number of aromatic nitrogens is 2. The molecule has 0 aliphatic rings. The second-order valence-corrected chi connectivity index (χ2v) is 9.79. The SMILES string of the molecule is [C-]#[N+]c1cc2cc[n+](C)c3c4c(C)ccc5c6ccc(C(C)(C)C)cc6n(c(c1)c23)c54. The first-order chi connectivity index (χ1) is 14.8. The van der Waals surface area contributed by atoms with Gasteiger partial charge >= 0.3 is 0 Å². The van der Waals surface area contributed by atoms with Gasteiger partial charge in [0, 0.05) is 16.8 Å². The molecule has 0 spiro atoms. The topological polar surface area (TPSA) is 12.7 Å². The van der Waals surface area contributed by atoms with Crippen molar-refractivity contribution in [2.45, 2.75) is 33.1 Å². The first kappa shape index (κ1) is 18.2. The fourth-order valence-electron chi connectivity index (χ4n) is 5.23. The Bertz CT molecular complexity index is 1740. The summed E-state index contributed by atoms with van der Waals surface area (Å²) < 4.78 is 4.64. The third kappa shape index (κ3) is 2.25. The fraction of sp³-hybridized carbons (Fsp3) is 0.214. The number of rotatable bonds is 0. The quantitative estimate of drug-likeness (QED) is 0.113. The van der Waals surface area contributed by atoms with Gasteiger partial charge in [-0.15, -0.1) is 0 Å². The summed E-state index contributed by atoms with van der Waals surface area (Å²) in [6.07, 6.45) is 2.11. The molecule has 0 radical (unpaired) electrons. The Labute approximate surface area is 181 Å². The number of pyridine rings is 2. The van der Waals surface area contributed by atoms with Gasteiger partial charge in [0.2, 0.25) is 5.52 Å². The lowest BCUT2D eigenvalue weighted by Crippen LogP contribution is -2.28. The molecule has 0 saturated heterocycles. The first-order valence-electron chi connectivity index (χ1n) is 10.7. The van der Waals surface area contributed by atoms with Gasteiger partial charge in [0.15, 0.2) is 11.9 Å². The van der Waals surface area contributed by atoms with Gasteiger partial charge in [-0.2, -0.15) is 0 Å². The zero-order valence-corrected chi connectivity index (χ0v) is 18.5. The molecule has 0 unspecified atom stereocenters. The van der Waals surface area contributed by atoms with Crippen molar-refractivity contribution in [3.05, 3.63) is 77.3 Å². The van der Waals surface area contributed by atoms with E-state index in [0.717, 1.165) is 10.9 Å². The molecule has 3 aromatic carbocycles. The maximum absolute atomic E-state index is 7.68. The maximum Gasteiger partial charge on any atom is 0.224 e. The van der Waals surface area contributed by atoms with E-state index in [9.17, 15) is 0 Å². The molecule has 3 aromatic heterocycles. The van der Waals surface area contributed by atoms with E-state index in [0.29, 0.717) is 5.69 Å². The van der Waals surface area contributed by atoms with Crippen molar-refractivity contribution in [3.8, 4) is 0 Å². The van der Waals surface area contributed by atoms with Gasteiger partial charge in [0.05, 0.1) is 33.9 Å². The van der Waals surface area contributed by atoms with E-state index in [1.165, 1.54) is 49.2 Å². The highest BCUT2D eigenvalue weighted by molar-refractivity contribution is 6.26. The second kappa shape index (κ2) is 5.74. The molecule has 0 saturated carbocycles. The summed E-state index contributed by atoms with van der Waals surface area (Å²) in [5.74, 6) is 0. The highest BCUT2D eigenvalue weighted by atomic mass is 15.0. The van der Waals surface area contributed by atoms with E-state index in [2.05, 4.69) is 97.2 Å². The van der Waals surface area contributed by atoms with Crippen LogP contribution in [-0.4, -0.2) is 4.40 Å². The highest BCUT2D eigenvalue weighted by Crippen LogP contribution is 2.42. The minimum Gasteiger partial charge on any atom is -0.309 e. The van der Waals surface area contributed by atoms with E-state index in [1.54, 1.807) is 0 Å². The molecule has 0 amide bonds. The number of hydrogen-bond acceptors (Lipinski definition) is 0. The second-order valence-electron chi connectivity index (χ2n) is 9.79. The molecule has 0 atom stereocenters. The molecule has 31 heavy (non-hydrogen) atoms. The average Bonchev–Trinajstić information content (AvgIpc) is 3.07. The van der Waals surface area contributed by atoms with E-state index >= 15 is 0 Å². The summed E-state index contributed by atoms with van der Waals surface area (Å²) >= 11 is 0. The Hall–Kier alpha value is -3.64. The molecule has 0 aliphatic carbocycles. The molecule has 6 aromatic rings. The molecular formula is C28H24N3+. The fourth-order valence-corrected chi connectivity index (χ4v) is 5.23. The molecule has 0 fully saturated rings. The van der Waals surface area contributed by atoms with Crippen LogP contribution in [0.15, 0.2) is 54.7 Å². The van der Waals surface area contributed by atoms with Crippen LogP contribution in [0.5, 0.6) is 0 Å². The van der Waals surface area contributed by atoms with Crippen molar-refractivity contribution in [2.24, 2.45) is 7.05 Å². The summed E-state index contributed by atoms with van der Waals surface area (Å²) in [5.41, 5.74) is 8.15. The molecule has 3 heteroatoms. The van der Waals surface area contributed by atoms with Crippen LogP contribution in [-0.2, 0) is 12.5 Å². The van der Waals surface area contributed by atoms with Gasteiger partial charge in [0.1, 0.15) is 7.05 Å². The molecule has 0 bridgehead atoms. The normalized spacial score (nSPS) is 12.6. The van der Waals surface area contributed by atoms with Crippen LogP contribution in [0.25, 0.3) is 53.8 Å². The molecular weight excluding hydrogens is 378 g/mol. The van der Waals surface area contributed by atoms with Crippen molar-refractivity contribution in [1.29, 1.82) is 0 Å². The van der Waals surface area contributed by atoms with Crippen molar-refractivity contribution in [2.75, 3.05) is 0 Å². The monoisotopic (exact) mass is 402 g/mol. The van der Waals surface area contributed by atoms with Gasteiger partial charge in [-0.05, 0) is 47.1 Å². The van der Waals surface area contributed by atoms with Crippen molar-refractivity contribution in [1.82, 2.24) is 4.40 Å². The Morgan fingerprint density at radius 1 is 0.903 bits per heavy atom. The number of fused-ring (bicyclic) bond motifs is 5. The van der Waals surface area contributed by atoms with Crippen molar-refractivity contribution < 1.29 is 4.57 Å². The van der Waals surface area contributed by atoms with Crippen LogP contribution >= 0.6 is 0 Å². The van der Waals surface area contributed by atoms with Crippen LogP contribution in [0.3, 0.4) is 0 Å². The van der Waals surface area contributed by atoms with E-state index in [1.807, 2.05) is 6.07 Å². The minimum absolute atomic E-state index is 0.0658. The number of nitrogens with zero attached hydrogens (tertiary/aromatic N) is 3. The van der Waals surface area contributed by atoms with Gasteiger partial charge in [-0.25, -0.2) is 9.41 Å². The van der Waals surface area contributed by atoms with Crippen LogP contribution < -0.4 is 4.57 Å². The number of benzene rings is 3. The predicted molar refractivity (Wildman–Crippen MR) is 129 cm³/mol. The summed E-state index contributed by atoms with van der Waals surface area (Å²) in [4.78, 5) is 3.79. The van der Waals surface area contributed by atoms with Crippen LogP contribution in [0, 0.1) is 13.5 Å². The summed E-state index contributed by atoms with van der Waals surface area (Å²) in [5, 5.41) is 6.17. The van der Waals surface area contributed by atoms with Gasteiger partial charge in [0.25, 0.3) is 0 Å². The zero-order chi connectivity index (χ0) is 21.7. The molecule has 150 valence electrons. The van der Waals surface area contributed by atoms with Gasteiger partial charge in [-0.3, -0.25) is 0 Å². The summed E-state index contributed by atoms with van der Waals surface area (Å²) in [6, 6.07) is 17.6. The molecule has 0 N–H and O–H groups in total. The Balaban J connectivity index is 2.04. The average molecular weight is 403 g/mol. The number of hydrogen-bond donors (Lipinski definition) is 0. The van der Waals surface area contributed by atoms with E-state index in [-0.39, 0.29) is 5.41 Å². The molecule has 3 nitrogen and oxygen atoms in total. The summed E-state index contributed by atoms with van der Waals surface area (Å²) in [6.45, 7) is 16.7. The maximum atomic E-state index is 7.68.